The Labute approximate surface area is 79.4 Å². The zero-order valence-electron chi connectivity index (χ0n) is 8.52. The first kappa shape index (κ1) is 10.1. The molecule has 1 aromatic carbocycles. The third kappa shape index (κ3) is 1.68. The average Bonchev–Trinajstić information content (AvgIpc) is 2.13. The summed E-state index contributed by atoms with van der Waals surface area (Å²) in [6.45, 7) is 6.25. The molecule has 0 saturated heterocycles. The number of hydrogen-bond donors (Lipinski definition) is 2. The molecule has 1 aromatic rings. The lowest BCUT2D eigenvalue weighted by Gasteiger charge is -2.14. The van der Waals surface area contributed by atoms with E-state index in [1.54, 1.807) is 0 Å². The van der Waals surface area contributed by atoms with Crippen molar-refractivity contribution < 1.29 is 5.11 Å². The summed E-state index contributed by atoms with van der Waals surface area (Å²) in [5, 5.41) is 9.13. The van der Waals surface area contributed by atoms with E-state index in [0.717, 1.165) is 23.2 Å². The molecular weight excluding hydrogens is 162 g/mol. The van der Waals surface area contributed by atoms with E-state index in [2.05, 4.69) is 13.8 Å². The topological polar surface area (TPSA) is 46.2 Å². The molecule has 0 heterocycles. The Morgan fingerprint density at radius 2 is 1.92 bits per heavy atom. The fourth-order valence-corrected chi connectivity index (χ4v) is 1.70. The lowest BCUT2D eigenvalue weighted by Crippen LogP contribution is -2.02. The van der Waals surface area contributed by atoms with Crippen LogP contribution in [0.1, 0.15) is 29.2 Å². The van der Waals surface area contributed by atoms with Gasteiger partial charge in [0.2, 0.25) is 0 Å². The minimum atomic E-state index is 0.0779. The zero-order valence-corrected chi connectivity index (χ0v) is 8.52. The lowest BCUT2D eigenvalue weighted by atomic mass is 9.95. The van der Waals surface area contributed by atoms with E-state index in [1.165, 1.54) is 11.1 Å². The number of rotatable bonds is 2. The predicted molar refractivity (Wildman–Crippen MR) is 55.6 cm³/mol. The third-order valence-corrected chi connectivity index (χ3v) is 2.69. The van der Waals surface area contributed by atoms with Crippen LogP contribution in [0.3, 0.4) is 0 Å². The van der Waals surface area contributed by atoms with Crippen molar-refractivity contribution in [2.45, 2.75) is 33.8 Å². The van der Waals surface area contributed by atoms with Gasteiger partial charge in [0.25, 0.3) is 0 Å². The maximum absolute atomic E-state index is 9.13. The van der Waals surface area contributed by atoms with Crippen molar-refractivity contribution in [3.8, 4) is 0 Å². The van der Waals surface area contributed by atoms with Crippen LogP contribution in [0.4, 0.5) is 5.69 Å². The van der Waals surface area contributed by atoms with Crippen molar-refractivity contribution in [1.82, 2.24) is 0 Å². The minimum absolute atomic E-state index is 0.0779. The Balaban J connectivity index is 3.39. The summed E-state index contributed by atoms with van der Waals surface area (Å²) in [5.41, 5.74) is 11.1. The highest BCUT2D eigenvalue weighted by Crippen LogP contribution is 2.24. The zero-order chi connectivity index (χ0) is 10.0. The van der Waals surface area contributed by atoms with Crippen molar-refractivity contribution in [3.63, 3.8) is 0 Å². The fourth-order valence-electron chi connectivity index (χ4n) is 1.70. The van der Waals surface area contributed by atoms with Crippen LogP contribution in [-0.2, 0) is 13.0 Å². The Bertz CT molecular complexity index is 318. The Hall–Kier alpha value is -1.02. The summed E-state index contributed by atoms with van der Waals surface area (Å²) >= 11 is 0. The van der Waals surface area contributed by atoms with E-state index in [9.17, 15) is 0 Å². The van der Waals surface area contributed by atoms with Gasteiger partial charge in [0.15, 0.2) is 0 Å². The van der Waals surface area contributed by atoms with Crippen molar-refractivity contribution >= 4 is 5.69 Å². The molecule has 2 nitrogen and oxygen atoms in total. The second-order valence-electron chi connectivity index (χ2n) is 3.37. The van der Waals surface area contributed by atoms with Crippen LogP contribution in [0.2, 0.25) is 0 Å². The molecule has 0 spiro atoms. The molecule has 2 heteroatoms. The van der Waals surface area contributed by atoms with Crippen molar-refractivity contribution in [3.05, 3.63) is 28.3 Å². The molecule has 13 heavy (non-hydrogen) atoms. The molecule has 0 aliphatic rings. The summed E-state index contributed by atoms with van der Waals surface area (Å²) in [6.07, 6.45) is 0.947. The first-order valence-corrected chi connectivity index (χ1v) is 4.60. The van der Waals surface area contributed by atoms with E-state index in [-0.39, 0.29) is 6.61 Å². The first-order valence-electron chi connectivity index (χ1n) is 4.60. The number of nitrogens with two attached hydrogens (primary N) is 1. The van der Waals surface area contributed by atoms with Gasteiger partial charge in [0.05, 0.1) is 6.61 Å². The lowest BCUT2D eigenvalue weighted by molar-refractivity contribution is 0.280. The summed E-state index contributed by atoms with van der Waals surface area (Å²) in [4.78, 5) is 0. The van der Waals surface area contributed by atoms with Crippen LogP contribution in [0, 0.1) is 13.8 Å². The molecule has 0 aromatic heterocycles. The quantitative estimate of drug-likeness (QED) is 0.681. The summed E-state index contributed by atoms with van der Waals surface area (Å²) in [7, 11) is 0. The molecule has 0 fully saturated rings. The van der Waals surface area contributed by atoms with Gasteiger partial charge in [0, 0.05) is 5.69 Å². The maximum Gasteiger partial charge on any atom is 0.0685 e. The smallest absolute Gasteiger partial charge is 0.0685 e. The highest BCUT2D eigenvalue weighted by molar-refractivity contribution is 5.56. The van der Waals surface area contributed by atoms with E-state index < -0.39 is 0 Å². The molecule has 0 atom stereocenters. The molecule has 0 aliphatic heterocycles. The minimum Gasteiger partial charge on any atom is -0.398 e. The van der Waals surface area contributed by atoms with Gasteiger partial charge >= 0.3 is 0 Å². The van der Waals surface area contributed by atoms with Gasteiger partial charge < -0.3 is 10.8 Å². The molecule has 1 rings (SSSR count). The second kappa shape index (κ2) is 3.79. The largest absolute Gasteiger partial charge is 0.398 e. The number of aliphatic hydroxyl groups excluding tert-OH is 1. The van der Waals surface area contributed by atoms with Crippen LogP contribution in [-0.4, -0.2) is 5.11 Å². The number of benzene rings is 1. The molecule has 0 unspecified atom stereocenters. The highest BCUT2D eigenvalue weighted by atomic mass is 16.3. The third-order valence-electron chi connectivity index (χ3n) is 2.69. The maximum atomic E-state index is 9.13. The Morgan fingerprint density at radius 3 is 2.38 bits per heavy atom. The van der Waals surface area contributed by atoms with Crippen LogP contribution in [0.5, 0.6) is 0 Å². The molecule has 0 aliphatic carbocycles. The molecule has 0 bridgehead atoms. The molecular formula is C11H17NO. The first-order chi connectivity index (χ1) is 6.11. The summed E-state index contributed by atoms with van der Waals surface area (Å²) < 4.78 is 0. The van der Waals surface area contributed by atoms with Gasteiger partial charge in [-0.25, -0.2) is 0 Å². The molecule has 0 radical (unpaired) electrons. The number of anilines is 1. The predicted octanol–water partition coefficient (Wildman–Crippen LogP) is 1.94. The van der Waals surface area contributed by atoms with E-state index in [1.807, 2.05) is 13.0 Å². The molecule has 3 N–H and O–H groups in total. The van der Waals surface area contributed by atoms with Crippen LogP contribution in [0.15, 0.2) is 6.07 Å². The van der Waals surface area contributed by atoms with Crippen molar-refractivity contribution in [1.29, 1.82) is 0 Å². The molecule has 72 valence electrons. The van der Waals surface area contributed by atoms with Crippen molar-refractivity contribution in [2.24, 2.45) is 0 Å². The molecule has 0 amide bonds. The van der Waals surface area contributed by atoms with Crippen molar-refractivity contribution in [2.75, 3.05) is 5.73 Å². The SMILES string of the molecule is CCc1c(CO)cc(N)c(C)c1C. The summed E-state index contributed by atoms with van der Waals surface area (Å²) in [6, 6.07) is 1.88. The fraction of sp³-hybridized carbons (Fsp3) is 0.455. The van der Waals surface area contributed by atoms with E-state index in [0.29, 0.717) is 0 Å². The van der Waals surface area contributed by atoms with Crippen LogP contribution >= 0.6 is 0 Å². The highest BCUT2D eigenvalue weighted by Gasteiger charge is 2.08. The van der Waals surface area contributed by atoms with Gasteiger partial charge in [0.1, 0.15) is 0 Å². The number of nitrogen functional groups attached to an aromatic ring is 1. The number of hydrogen-bond acceptors (Lipinski definition) is 2. The normalized spacial score (nSPS) is 10.5. The van der Waals surface area contributed by atoms with Gasteiger partial charge in [-0.2, -0.15) is 0 Å². The van der Waals surface area contributed by atoms with Gasteiger partial charge in [-0.1, -0.05) is 6.92 Å². The van der Waals surface area contributed by atoms with Gasteiger partial charge in [-0.05, 0) is 48.6 Å². The van der Waals surface area contributed by atoms with Crippen LogP contribution in [0.25, 0.3) is 0 Å². The second-order valence-corrected chi connectivity index (χ2v) is 3.37. The van der Waals surface area contributed by atoms with E-state index in [4.69, 9.17) is 10.8 Å². The Morgan fingerprint density at radius 1 is 1.31 bits per heavy atom. The Kier molecular flexibility index (Phi) is 2.94. The molecule has 0 saturated carbocycles. The number of aliphatic hydroxyl groups is 1. The van der Waals surface area contributed by atoms with Gasteiger partial charge in [-0.3, -0.25) is 0 Å². The summed E-state index contributed by atoms with van der Waals surface area (Å²) in [5.74, 6) is 0. The monoisotopic (exact) mass is 179 g/mol. The average molecular weight is 179 g/mol. The van der Waals surface area contributed by atoms with Gasteiger partial charge in [-0.15, -0.1) is 0 Å². The standard InChI is InChI=1S/C11H17NO/c1-4-10-7(2)8(3)11(12)5-9(10)6-13/h5,13H,4,6,12H2,1-3H3. The van der Waals surface area contributed by atoms with E-state index >= 15 is 0 Å². The van der Waals surface area contributed by atoms with Crippen LogP contribution < -0.4 is 5.73 Å².